The van der Waals surface area contributed by atoms with Crippen molar-refractivity contribution in [2.75, 3.05) is 19.3 Å². The van der Waals surface area contributed by atoms with E-state index in [2.05, 4.69) is 11.1 Å². The Balaban J connectivity index is 1.54. The monoisotopic (exact) mass is 526 g/mol. The SMILES string of the molecule is CS(=O)(=O)N1CCC(Oc2cccc(-n3cc(-c4ccccn4)cc(-c4ccccc4C#N)c3=O)c2)CC1. The van der Waals surface area contributed by atoms with E-state index in [1.165, 1.54) is 10.6 Å². The molecule has 192 valence electrons. The summed E-state index contributed by atoms with van der Waals surface area (Å²) in [5.74, 6) is 0.592. The molecule has 5 rings (SSSR count). The fourth-order valence-electron chi connectivity index (χ4n) is 4.64. The van der Waals surface area contributed by atoms with Crippen LogP contribution in [0.2, 0.25) is 0 Å². The van der Waals surface area contributed by atoms with Crippen LogP contribution in [0.15, 0.2) is 90.0 Å². The van der Waals surface area contributed by atoms with Crippen molar-refractivity contribution in [1.29, 1.82) is 5.26 Å². The third-order valence-corrected chi connectivity index (χ3v) is 7.89. The molecule has 2 aromatic carbocycles. The standard InChI is InChI=1S/C29H26N4O4S/c1-38(35,36)32-15-12-24(13-16-32)37-25-9-6-8-23(18-25)33-20-22(28-11-4-5-14-31-28)17-27(29(33)34)26-10-3-2-7-21(26)19-30/h2-11,14,17-18,20,24H,12-13,15-16H2,1H3. The van der Waals surface area contributed by atoms with E-state index in [0.717, 1.165) is 5.56 Å². The van der Waals surface area contributed by atoms with Gasteiger partial charge in [0.1, 0.15) is 11.9 Å². The lowest BCUT2D eigenvalue weighted by molar-refractivity contribution is 0.135. The predicted octanol–water partition coefficient (Wildman–Crippen LogP) is 4.24. The second kappa shape index (κ2) is 10.6. The Hall–Kier alpha value is -4.26. The van der Waals surface area contributed by atoms with E-state index in [1.54, 1.807) is 53.4 Å². The smallest absolute Gasteiger partial charge is 0.263 e. The van der Waals surface area contributed by atoms with Gasteiger partial charge in [-0.15, -0.1) is 0 Å². The first kappa shape index (κ1) is 25.4. The summed E-state index contributed by atoms with van der Waals surface area (Å²) in [7, 11) is -3.21. The van der Waals surface area contributed by atoms with Crippen molar-refractivity contribution in [2.24, 2.45) is 0 Å². The first-order valence-electron chi connectivity index (χ1n) is 12.2. The Labute approximate surface area is 221 Å². The molecule has 3 heterocycles. The van der Waals surface area contributed by atoms with Crippen molar-refractivity contribution in [3.63, 3.8) is 0 Å². The third kappa shape index (κ3) is 5.37. The zero-order valence-corrected chi connectivity index (χ0v) is 21.6. The normalized spacial score (nSPS) is 14.6. The number of nitrogens with zero attached hydrogens (tertiary/aromatic N) is 4. The van der Waals surface area contributed by atoms with Crippen LogP contribution in [0.4, 0.5) is 0 Å². The molecule has 38 heavy (non-hydrogen) atoms. The van der Waals surface area contributed by atoms with Gasteiger partial charge in [0.2, 0.25) is 10.0 Å². The van der Waals surface area contributed by atoms with Crippen LogP contribution in [0.5, 0.6) is 5.75 Å². The maximum absolute atomic E-state index is 13.8. The first-order chi connectivity index (χ1) is 18.3. The maximum atomic E-state index is 13.8. The highest BCUT2D eigenvalue weighted by Gasteiger charge is 2.26. The molecule has 1 aliphatic heterocycles. The summed E-state index contributed by atoms with van der Waals surface area (Å²) in [4.78, 5) is 18.2. The summed E-state index contributed by atoms with van der Waals surface area (Å²) in [6.45, 7) is 0.826. The van der Waals surface area contributed by atoms with E-state index >= 15 is 0 Å². The van der Waals surface area contributed by atoms with Crippen LogP contribution >= 0.6 is 0 Å². The van der Waals surface area contributed by atoms with Gasteiger partial charge in [-0.25, -0.2) is 12.7 Å². The summed E-state index contributed by atoms with van der Waals surface area (Å²) in [6, 6.07) is 23.8. The molecule has 9 heteroatoms. The Morgan fingerprint density at radius 2 is 1.74 bits per heavy atom. The molecule has 2 aromatic heterocycles. The second-order valence-corrected chi connectivity index (χ2v) is 11.1. The van der Waals surface area contributed by atoms with E-state index in [1.807, 2.05) is 36.4 Å². The molecule has 8 nitrogen and oxygen atoms in total. The Bertz CT molecular complexity index is 1670. The van der Waals surface area contributed by atoms with Gasteiger partial charge in [0, 0.05) is 48.2 Å². The van der Waals surface area contributed by atoms with Gasteiger partial charge in [-0.05, 0) is 49.2 Å². The van der Waals surface area contributed by atoms with Gasteiger partial charge in [-0.2, -0.15) is 5.26 Å². The molecule has 0 unspecified atom stereocenters. The van der Waals surface area contributed by atoms with E-state index in [-0.39, 0.29) is 11.7 Å². The first-order valence-corrected chi connectivity index (χ1v) is 14.1. The number of hydrogen-bond acceptors (Lipinski definition) is 6. The molecule has 0 aliphatic carbocycles. The zero-order chi connectivity index (χ0) is 26.7. The van der Waals surface area contributed by atoms with Crippen LogP contribution in [0.25, 0.3) is 28.1 Å². The molecule has 0 N–H and O–H groups in total. The summed E-state index contributed by atoms with van der Waals surface area (Å²) < 4.78 is 32.8. The minimum absolute atomic E-state index is 0.127. The van der Waals surface area contributed by atoms with Crippen molar-refractivity contribution < 1.29 is 13.2 Å². The highest BCUT2D eigenvalue weighted by molar-refractivity contribution is 7.88. The minimum Gasteiger partial charge on any atom is -0.490 e. The molecule has 0 saturated carbocycles. The molecule has 0 spiro atoms. The number of sulfonamides is 1. The van der Waals surface area contributed by atoms with Gasteiger partial charge >= 0.3 is 0 Å². The minimum atomic E-state index is -3.21. The molecule has 4 aromatic rings. The number of benzene rings is 2. The largest absolute Gasteiger partial charge is 0.490 e. The number of rotatable bonds is 6. The predicted molar refractivity (Wildman–Crippen MR) is 145 cm³/mol. The molecule has 0 atom stereocenters. The highest BCUT2D eigenvalue weighted by atomic mass is 32.2. The van der Waals surface area contributed by atoms with Crippen LogP contribution in [-0.2, 0) is 10.0 Å². The molecule has 1 aliphatic rings. The van der Waals surface area contributed by atoms with Gasteiger partial charge in [0.25, 0.3) is 5.56 Å². The Morgan fingerprint density at radius 1 is 0.974 bits per heavy atom. The maximum Gasteiger partial charge on any atom is 0.263 e. The van der Waals surface area contributed by atoms with E-state index in [0.29, 0.717) is 59.8 Å². The van der Waals surface area contributed by atoms with E-state index in [9.17, 15) is 18.5 Å². The van der Waals surface area contributed by atoms with Crippen molar-refractivity contribution in [3.8, 4) is 39.9 Å². The number of pyridine rings is 2. The summed E-state index contributed by atoms with van der Waals surface area (Å²) in [6.07, 6.45) is 5.70. The van der Waals surface area contributed by atoms with Crippen molar-refractivity contribution in [2.45, 2.75) is 18.9 Å². The second-order valence-electron chi connectivity index (χ2n) is 9.17. The van der Waals surface area contributed by atoms with Crippen LogP contribution in [-0.4, -0.2) is 47.7 Å². The third-order valence-electron chi connectivity index (χ3n) is 6.58. The lowest BCUT2D eigenvalue weighted by Crippen LogP contribution is -2.41. The van der Waals surface area contributed by atoms with Crippen LogP contribution in [0.1, 0.15) is 18.4 Å². The van der Waals surface area contributed by atoms with E-state index in [4.69, 9.17) is 4.74 Å². The molecular formula is C29H26N4O4S. The molecular weight excluding hydrogens is 500 g/mol. The van der Waals surface area contributed by atoms with Gasteiger partial charge in [0.15, 0.2) is 0 Å². The lowest BCUT2D eigenvalue weighted by atomic mass is 9.99. The lowest BCUT2D eigenvalue weighted by Gasteiger charge is -2.30. The number of aromatic nitrogens is 2. The summed E-state index contributed by atoms with van der Waals surface area (Å²) in [5.41, 5.74) is 3.11. The summed E-state index contributed by atoms with van der Waals surface area (Å²) >= 11 is 0. The molecule has 0 amide bonds. The number of ether oxygens (including phenoxy) is 1. The molecule has 0 bridgehead atoms. The van der Waals surface area contributed by atoms with Gasteiger partial charge in [-0.3, -0.25) is 14.3 Å². The van der Waals surface area contributed by atoms with Crippen molar-refractivity contribution >= 4 is 10.0 Å². The van der Waals surface area contributed by atoms with Crippen molar-refractivity contribution in [1.82, 2.24) is 13.9 Å². The highest BCUT2D eigenvalue weighted by Crippen LogP contribution is 2.27. The topological polar surface area (TPSA) is 105 Å². The number of hydrogen-bond donors (Lipinski definition) is 0. The Morgan fingerprint density at radius 3 is 2.45 bits per heavy atom. The number of nitriles is 1. The average Bonchev–Trinajstić information content (AvgIpc) is 2.93. The fourth-order valence-corrected chi connectivity index (χ4v) is 5.51. The van der Waals surface area contributed by atoms with Crippen LogP contribution in [0.3, 0.4) is 0 Å². The molecule has 1 fully saturated rings. The fraction of sp³-hybridized carbons (Fsp3) is 0.207. The Kier molecular flexibility index (Phi) is 7.09. The zero-order valence-electron chi connectivity index (χ0n) is 20.8. The quantitative estimate of drug-likeness (QED) is 0.372. The molecule has 0 radical (unpaired) electrons. The van der Waals surface area contributed by atoms with Gasteiger partial charge in [0.05, 0.1) is 29.3 Å². The van der Waals surface area contributed by atoms with Crippen LogP contribution < -0.4 is 10.3 Å². The van der Waals surface area contributed by atoms with Crippen LogP contribution in [0, 0.1) is 11.3 Å². The average molecular weight is 527 g/mol. The number of piperidine rings is 1. The van der Waals surface area contributed by atoms with Gasteiger partial charge < -0.3 is 4.74 Å². The van der Waals surface area contributed by atoms with Gasteiger partial charge in [-0.1, -0.05) is 30.3 Å². The summed E-state index contributed by atoms with van der Waals surface area (Å²) in [5, 5.41) is 9.67. The molecule has 1 saturated heterocycles. The van der Waals surface area contributed by atoms with E-state index < -0.39 is 10.0 Å². The van der Waals surface area contributed by atoms with Crippen molar-refractivity contribution in [3.05, 3.63) is 101 Å².